The Kier molecular flexibility index (Phi) is 10.5. The monoisotopic (exact) mass is 654 g/mol. The van der Waals surface area contributed by atoms with E-state index in [1.807, 2.05) is 49.6 Å². The van der Waals surface area contributed by atoms with Crippen LogP contribution in [0.2, 0.25) is 0 Å². The van der Waals surface area contributed by atoms with Gasteiger partial charge >= 0.3 is 5.97 Å². The standard InChI is InChI=1S/C37H42N4O5S/c1-6-46-29-18-27(19-29)24-11-13-25(14-12-24)28-20-38-33(39-21-28)26-9-7-23(8-10-26)17-30(34(42)40-22(2)36(44)45)41-35(43)31-15-16-32(47-31)37(3,4)5/h7-16,20-22,27,29-30H,6,17-19H2,1-5H3,(H,40,42)(H,41,43)(H,44,45)/t22-,27?,29?,30+/m1/s1. The van der Waals surface area contributed by atoms with Gasteiger partial charge in [0, 0.05) is 41.4 Å². The first-order valence-corrected chi connectivity index (χ1v) is 16.8. The van der Waals surface area contributed by atoms with Gasteiger partial charge in [0.2, 0.25) is 5.91 Å². The van der Waals surface area contributed by atoms with Gasteiger partial charge in [-0.25, -0.2) is 9.97 Å². The molecular formula is C37H42N4O5S. The van der Waals surface area contributed by atoms with Crippen molar-refractivity contribution in [3.8, 4) is 22.5 Å². The van der Waals surface area contributed by atoms with Crippen LogP contribution in [0, 0.1) is 0 Å². The molecule has 1 saturated carbocycles. The lowest BCUT2D eigenvalue weighted by molar-refractivity contribution is -0.141. The summed E-state index contributed by atoms with van der Waals surface area (Å²) in [6.07, 6.45) is 6.33. The van der Waals surface area contributed by atoms with E-state index in [4.69, 9.17) is 4.74 Å². The maximum atomic E-state index is 13.2. The number of aromatic nitrogens is 2. The minimum absolute atomic E-state index is 0.113. The van der Waals surface area contributed by atoms with E-state index in [-0.39, 0.29) is 17.7 Å². The van der Waals surface area contributed by atoms with Crippen molar-refractivity contribution < 1.29 is 24.2 Å². The Morgan fingerprint density at radius 1 is 0.915 bits per heavy atom. The molecule has 1 aliphatic carbocycles. The first-order valence-electron chi connectivity index (χ1n) is 16.0. The summed E-state index contributed by atoms with van der Waals surface area (Å²) in [6, 6.07) is 17.6. The molecule has 4 aromatic rings. The summed E-state index contributed by atoms with van der Waals surface area (Å²) in [4.78, 5) is 48.4. The molecule has 1 fully saturated rings. The molecule has 246 valence electrons. The first kappa shape index (κ1) is 33.9. The predicted molar refractivity (Wildman–Crippen MR) is 184 cm³/mol. The van der Waals surface area contributed by atoms with Gasteiger partial charge in [-0.1, -0.05) is 69.3 Å². The maximum absolute atomic E-state index is 13.2. The normalized spacial score (nSPS) is 17.3. The van der Waals surface area contributed by atoms with E-state index >= 15 is 0 Å². The van der Waals surface area contributed by atoms with Crippen LogP contribution >= 0.6 is 11.3 Å². The van der Waals surface area contributed by atoms with Crippen LogP contribution in [0.15, 0.2) is 73.1 Å². The van der Waals surface area contributed by atoms with E-state index in [2.05, 4.69) is 65.6 Å². The molecule has 0 saturated heterocycles. The summed E-state index contributed by atoms with van der Waals surface area (Å²) < 4.78 is 5.70. The Labute approximate surface area is 279 Å². The fourth-order valence-electron chi connectivity index (χ4n) is 5.49. The fraction of sp³-hybridized carbons (Fsp3) is 0.378. The molecule has 0 radical (unpaired) electrons. The van der Waals surface area contributed by atoms with Gasteiger partial charge in [0.05, 0.1) is 11.0 Å². The first-order chi connectivity index (χ1) is 22.4. The van der Waals surface area contributed by atoms with Gasteiger partial charge in [-0.3, -0.25) is 14.4 Å². The number of carboxylic acids is 1. The summed E-state index contributed by atoms with van der Waals surface area (Å²) in [5.74, 6) is -0.989. The summed E-state index contributed by atoms with van der Waals surface area (Å²) >= 11 is 1.38. The van der Waals surface area contributed by atoms with E-state index in [9.17, 15) is 19.5 Å². The molecule has 2 atom stereocenters. The highest BCUT2D eigenvalue weighted by Gasteiger charge is 2.30. The van der Waals surface area contributed by atoms with Crippen LogP contribution in [0.4, 0.5) is 0 Å². The second-order valence-electron chi connectivity index (χ2n) is 13.1. The topological polar surface area (TPSA) is 131 Å². The molecule has 2 heterocycles. The molecule has 0 unspecified atom stereocenters. The molecule has 0 aliphatic heterocycles. The molecule has 3 N–H and O–H groups in total. The van der Waals surface area contributed by atoms with E-state index in [1.165, 1.54) is 23.8 Å². The quantitative estimate of drug-likeness (QED) is 0.162. The number of hydrogen-bond acceptors (Lipinski definition) is 7. The number of nitrogens with zero attached hydrogens (tertiary/aromatic N) is 2. The number of nitrogens with one attached hydrogen (secondary N) is 2. The van der Waals surface area contributed by atoms with Crippen LogP contribution in [0.3, 0.4) is 0 Å². The number of thiophene rings is 1. The minimum Gasteiger partial charge on any atom is -0.480 e. The molecule has 2 aromatic heterocycles. The number of aliphatic carboxylic acids is 1. The highest BCUT2D eigenvalue weighted by molar-refractivity contribution is 7.14. The molecule has 10 heteroatoms. The third-order valence-electron chi connectivity index (χ3n) is 8.44. The zero-order valence-electron chi connectivity index (χ0n) is 27.4. The summed E-state index contributed by atoms with van der Waals surface area (Å²) in [7, 11) is 0. The largest absolute Gasteiger partial charge is 0.480 e. The van der Waals surface area contributed by atoms with E-state index in [0.717, 1.165) is 46.6 Å². The Morgan fingerprint density at radius 3 is 2.13 bits per heavy atom. The number of carboxylic acid groups (broad SMARTS) is 1. The lowest BCUT2D eigenvalue weighted by Crippen LogP contribution is -2.51. The van der Waals surface area contributed by atoms with Gasteiger partial charge in [-0.15, -0.1) is 11.3 Å². The lowest BCUT2D eigenvalue weighted by atomic mass is 9.77. The van der Waals surface area contributed by atoms with Crippen LogP contribution in [-0.2, 0) is 26.2 Å². The Morgan fingerprint density at radius 2 is 1.55 bits per heavy atom. The van der Waals surface area contributed by atoms with Crippen molar-refractivity contribution in [2.24, 2.45) is 0 Å². The second kappa shape index (κ2) is 14.6. The molecule has 0 spiro atoms. The Balaban J connectivity index is 1.24. The third kappa shape index (κ3) is 8.50. The SMILES string of the molecule is CCOC1CC(c2ccc(-c3cnc(-c4ccc(C[C@H](NC(=O)c5ccc(C(C)(C)C)s5)C(=O)N[C@H](C)C(=O)O)cc4)nc3)cc2)C1. The fourth-order valence-corrected chi connectivity index (χ4v) is 6.45. The number of hydrogen-bond donors (Lipinski definition) is 3. The maximum Gasteiger partial charge on any atom is 0.325 e. The number of rotatable bonds is 12. The highest BCUT2D eigenvalue weighted by Crippen LogP contribution is 2.39. The molecule has 2 amide bonds. The smallest absolute Gasteiger partial charge is 0.325 e. The van der Waals surface area contributed by atoms with E-state index < -0.39 is 24.0 Å². The van der Waals surface area contributed by atoms with Gasteiger partial charge in [-0.2, -0.15) is 0 Å². The minimum atomic E-state index is -1.16. The van der Waals surface area contributed by atoms with Crippen molar-refractivity contribution >= 4 is 29.1 Å². The average Bonchev–Trinajstić information content (AvgIpc) is 3.55. The zero-order valence-corrected chi connectivity index (χ0v) is 28.3. The van der Waals surface area contributed by atoms with Crippen molar-refractivity contribution in [3.63, 3.8) is 0 Å². The highest BCUT2D eigenvalue weighted by atomic mass is 32.1. The Bertz CT molecular complexity index is 1690. The number of carbonyl (C=O) groups is 3. The number of ether oxygens (including phenoxy) is 1. The van der Waals surface area contributed by atoms with Gasteiger partial charge in [0.1, 0.15) is 12.1 Å². The van der Waals surface area contributed by atoms with Gasteiger partial charge in [0.15, 0.2) is 5.82 Å². The van der Waals surface area contributed by atoms with Crippen LogP contribution in [-0.4, -0.2) is 57.7 Å². The van der Waals surface area contributed by atoms with Gasteiger partial charge < -0.3 is 20.5 Å². The van der Waals surface area contributed by atoms with Crippen molar-refractivity contribution in [1.29, 1.82) is 0 Å². The third-order valence-corrected chi connectivity index (χ3v) is 9.95. The average molecular weight is 655 g/mol. The van der Waals surface area contributed by atoms with Crippen LogP contribution < -0.4 is 10.6 Å². The lowest BCUT2D eigenvalue weighted by Gasteiger charge is -2.35. The number of carbonyl (C=O) groups excluding carboxylic acids is 2. The molecule has 1 aliphatic rings. The van der Waals surface area contributed by atoms with Crippen LogP contribution in [0.25, 0.3) is 22.5 Å². The zero-order chi connectivity index (χ0) is 33.7. The van der Waals surface area contributed by atoms with Crippen molar-refractivity contribution in [1.82, 2.24) is 20.6 Å². The summed E-state index contributed by atoms with van der Waals surface area (Å²) in [5.41, 5.74) is 4.80. The van der Waals surface area contributed by atoms with Crippen LogP contribution in [0.5, 0.6) is 0 Å². The molecule has 2 aromatic carbocycles. The van der Waals surface area contributed by atoms with Crippen molar-refractivity contribution in [3.05, 3.63) is 93.9 Å². The number of amides is 2. The van der Waals surface area contributed by atoms with E-state index in [0.29, 0.717) is 22.7 Å². The summed E-state index contributed by atoms with van der Waals surface area (Å²) in [6.45, 7) is 10.4. The van der Waals surface area contributed by atoms with Crippen molar-refractivity contribution in [2.75, 3.05) is 6.61 Å². The predicted octanol–water partition coefficient (Wildman–Crippen LogP) is 6.38. The Hall–Kier alpha value is -4.41. The van der Waals surface area contributed by atoms with Crippen molar-refractivity contribution in [2.45, 2.75) is 83.4 Å². The summed E-state index contributed by atoms with van der Waals surface area (Å²) in [5, 5.41) is 14.6. The van der Waals surface area contributed by atoms with Crippen LogP contribution in [0.1, 0.15) is 79.1 Å². The van der Waals surface area contributed by atoms with Gasteiger partial charge in [-0.05, 0) is 66.8 Å². The van der Waals surface area contributed by atoms with E-state index in [1.54, 1.807) is 6.07 Å². The second-order valence-corrected chi connectivity index (χ2v) is 14.2. The molecule has 5 rings (SSSR count). The molecule has 0 bridgehead atoms. The molecule has 47 heavy (non-hydrogen) atoms. The molecular weight excluding hydrogens is 612 g/mol. The number of benzene rings is 2. The van der Waals surface area contributed by atoms with Gasteiger partial charge in [0.25, 0.3) is 5.91 Å². The molecule has 9 nitrogen and oxygen atoms in total.